The Balaban J connectivity index is 1.72. The summed E-state index contributed by atoms with van der Waals surface area (Å²) in [6, 6.07) is 4.74. The molecule has 5 nitrogen and oxygen atoms in total. The van der Waals surface area contributed by atoms with E-state index in [0.29, 0.717) is 21.7 Å². The molecule has 0 aliphatic heterocycles. The Bertz CT molecular complexity index is 1010. The molecular formula is C14H9BrFN5S2. The molecule has 116 valence electrons. The van der Waals surface area contributed by atoms with E-state index in [1.54, 1.807) is 28.0 Å². The van der Waals surface area contributed by atoms with Crippen LogP contribution < -0.4 is 0 Å². The molecule has 0 spiro atoms. The van der Waals surface area contributed by atoms with Crippen molar-refractivity contribution in [1.82, 2.24) is 24.8 Å². The number of halogens is 2. The Morgan fingerprint density at radius 2 is 2.17 bits per heavy atom. The molecule has 0 N–H and O–H groups in total. The number of hydrogen-bond donors (Lipinski definition) is 0. The summed E-state index contributed by atoms with van der Waals surface area (Å²) < 4.78 is 15.5. The standard InChI is InChI=1S/C14H9BrFN5S2/c1-7-17-9(6-22-7)5-12-20-21-13(18-19-14(21)23-12)8-2-3-11(16)10(15)4-8/h2-4,6H,5H2,1H3. The maximum absolute atomic E-state index is 13.4. The van der Waals surface area contributed by atoms with Crippen LogP contribution in [0.3, 0.4) is 0 Å². The van der Waals surface area contributed by atoms with Crippen LogP contribution in [0, 0.1) is 12.7 Å². The number of thiazole rings is 1. The molecular weight excluding hydrogens is 401 g/mol. The zero-order valence-electron chi connectivity index (χ0n) is 11.8. The number of rotatable bonds is 3. The van der Waals surface area contributed by atoms with Crippen LogP contribution in [0.4, 0.5) is 4.39 Å². The second-order valence-corrected chi connectivity index (χ2v) is 7.83. The average Bonchev–Trinajstić information content (AvgIpc) is 3.18. The van der Waals surface area contributed by atoms with E-state index < -0.39 is 0 Å². The lowest BCUT2D eigenvalue weighted by Crippen LogP contribution is -1.94. The molecule has 3 heterocycles. The Hall–Kier alpha value is -1.71. The molecule has 3 aromatic heterocycles. The van der Waals surface area contributed by atoms with Crippen molar-refractivity contribution in [3.05, 3.63) is 49.6 Å². The van der Waals surface area contributed by atoms with E-state index in [-0.39, 0.29) is 5.82 Å². The van der Waals surface area contributed by atoms with E-state index in [2.05, 4.69) is 36.2 Å². The molecule has 0 fully saturated rings. The maximum Gasteiger partial charge on any atom is 0.234 e. The maximum atomic E-state index is 13.4. The smallest absolute Gasteiger partial charge is 0.234 e. The van der Waals surface area contributed by atoms with Crippen molar-refractivity contribution < 1.29 is 4.39 Å². The lowest BCUT2D eigenvalue weighted by atomic mass is 10.2. The number of benzene rings is 1. The summed E-state index contributed by atoms with van der Waals surface area (Å²) in [6.45, 7) is 1.98. The van der Waals surface area contributed by atoms with E-state index in [9.17, 15) is 4.39 Å². The van der Waals surface area contributed by atoms with Gasteiger partial charge in [0.05, 0.1) is 15.2 Å². The van der Waals surface area contributed by atoms with Crippen molar-refractivity contribution in [1.29, 1.82) is 0 Å². The van der Waals surface area contributed by atoms with Crippen molar-refractivity contribution in [3.8, 4) is 11.4 Å². The highest BCUT2D eigenvalue weighted by Gasteiger charge is 2.15. The molecule has 9 heteroatoms. The Labute approximate surface area is 147 Å². The van der Waals surface area contributed by atoms with Gasteiger partial charge in [0.15, 0.2) is 5.82 Å². The minimum absolute atomic E-state index is 0.313. The molecule has 0 saturated carbocycles. The van der Waals surface area contributed by atoms with Crippen LogP contribution >= 0.6 is 38.6 Å². The fourth-order valence-electron chi connectivity index (χ4n) is 2.19. The third-order valence-electron chi connectivity index (χ3n) is 3.21. The molecule has 0 atom stereocenters. The van der Waals surface area contributed by atoms with E-state index in [1.165, 1.54) is 17.4 Å². The third kappa shape index (κ3) is 2.79. The summed E-state index contributed by atoms with van der Waals surface area (Å²) >= 11 is 6.30. The number of nitrogens with zero attached hydrogens (tertiary/aromatic N) is 5. The summed E-state index contributed by atoms with van der Waals surface area (Å²) in [6.07, 6.45) is 0.672. The van der Waals surface area contributed by atoms with Crippen LogP contribution in [0.25, 0.3) is 16.3 Å². The Kier molecular flexibility index (Phi) is 3.70. The van der Waals surface area contributed by atoms with E-state index >= 15 is 0 Å². The van der Waals surface area contributed by atoms with Crippen LogP contribution in [0.2, 0.25) is 0 Å². The summed E-state index contributed by atoms with van der Waals surface area (Å²) in [7, 11) is 0. The van der Waals surface area contributed by atoms with Crippen LogP contribution in [-0.2, 0) is 6.42 Å². The molecule has 23 heavy (non-hydrogen) atoms. The van der Waals surface area contributed by atoms with E-state index in [0.717, 1.165) is 21.3 Å². The molecule has 0 amide bonds. The van der Waals surface area contributed by atoms with Crippen molar-refractivity contribution >= 4 is 43.6 Å². The normalized spacial score (nSPS) is 11.4. The van der Waals surface area contributed by atoms with Crippen molar-refractivity contribution in [2.24, 2.45) is 0 Å². The fourth-order valence-corrected chi connectivity index (χ4v) is 4.03. The molecule has 4 rings (SSSR count). The highest BCUT2D eigenvalue weighted by molar-refractivity contribution is 9.10. The topological polar surface area (TPSA) is 56.0 Å². The van der Waals surface area contributed by atoms with Gasteiger partial charge in [-0.2, -0.15) is 9.61 Å². The number of aryl methyl sites for hydroxylation is 1. The predicted octanol–water partition coefficient (Wildman–Crippen LogP) is 4.11. The minimum atomic E-state index is -0.313. The molecule has 0 aliphatic carbocycles. The second-order valence-electron chi connectivity index (χ2n) is 4.88. The van der Waals surface area contributed by atoms with Gasteiger partial charge in [0.1, 0.15) is 10.8 Å². The van der Waals surface area contributed by atoms with Crippen molar-refractivity contribution in [2.75, 3.05) is 0 Å². The molecule has 0 saturated heterocycles. The number of hydrogen-bond acceptors (Lipinski definition) is 6. The van der Waals surface area contributed by atoms with E-state index in [1.807, 2.05) is 12.3 Å². The summed E-state index contributed by atoms with van der Waals surface area (Å²) in [5.74, 6) is 0.282. The molecule has 1 aromatic carbocycles. The highest BCUT2D eigenvalue weighted by atomic mass is 79.9. The van der Waals surface area contributed by atoms with Crippen LogP contribution in [0.5, 0.6) is 0 Å². The SMILES string of the molecule is Cc1nc(Cc2nn3c(-c4ccc(F)c(Br)c4)nnc3s2)cs1. The zero-order chi connectivity index (χ0) is 16.0. The lowest BCUT2D eigenvalue weighted by Gasteiger charge is -1.99. The minimum Gasteiger partial charge on any atom is -0.246 e. The van der Waals surface area contributed by atoms with Gasteiger partial charge in [-0.05, 0) is 41.1 Å². The van der Waals surface area contributed by atoms with Gasteiger partial charge in [0.25, 0.3) is 0 Å². The summed E-state index contributed by atoms with van der Waals surface area (Å²) in [5.41, 5.74) is 1.76. The number of aromatic nitrogens is 5. The molecule has 4 aromatic rings. The fraction of sp³-hybridized carbons (Fsp3) is 0.143. The predicted molar refractivity (Wildman–Crippen MR) is 91.4 cm³/mol. The van der Waals surface area contributed by atoms with Gasteiger partial charge in [-0.25, -0.2) is 9.37 Å². The average molecular weight is 410 g/mol. The van der Waals surface area contributed by atoms with Gasteiger partial charge in [0, 0.05) is 17.4 Å². The van der Waals surface area contributed by atoms with Crippen molar-refractivity contribution in [2.45, 2.75) is 13.3 Å². The first-order valence-corrected chi connectivity index (χ1v) is 9.16. The first-order chi connectivity index (χ1) is 11.1. The van der Waals surface area contributed by atoms with Gasteiger partial charge in [-0.15, -0.1) is 21.5 Å². The summed E-state index contributed by atoms with van der Waals surface area (Å²) in [5, 5.41) is 16.9. The molecule has 0 aliphatic rings. The Morgan fingerprint density at radius 3 is 2.91 bits per heavy atom. The van der Waals surface area contributed by atoms with Gasteiger partial charge in [0.2, 0.25) is 4.96 Å². The van der Waals surface area contributed by atoms with Gasteiger partial charge in [-0.1, -0.05) is 11.3 Å². The largest absolute Gasteiger partial charge is 0.246 e. The molecule has 0 radical (unpaired) electrons. The quantitative estimate of drug-likeness (QED) is 0.510. The Morgan fingerprint density at radius 1 is 1.30 bits per heavy atom. The van der Waals surface area contributed by atoms with Crippen LogP contribution in [0.1, 0.15) is 15.7 Å². The molecule has 0 bridgehead atoms. The van der Waals surface area contributed by atoms with E-state index in [4.69, 9.17) is 0 Å². The van der Waals surface area contributed by atoms with Crippen LogP contribution in [-0.4, -0.2) is 24.8 Å². The van der Waals surface area contributed by atoms with Crippen LogP contribution in [0.15, 0.2) is 28.1 Å². The first-order valence-electron chi connectivity index (χ1n) is 6.68. The van der Waals surface area contributed by atoms with Gasteiger partial charge >= 0.3 is 0 Å². The molecule has 0 unspecified atom stereocenters. The number of fused-ring (bicyclic) bond motifs is 1. The summed E-state index contributed by atoms with van der Waals surface area (Å²) in [4.78, 5) is 5.16. The lowest BCUT2D eigenvalue weighted by molar-refractivity contribution is 0.621. The second kappa shape index (κ2) is 5.73. The van der Waals surface area contributed by atoms with Crippen molar-refractivity contribution in [3.63, 3.8) is 0 Å². The highest BCUT2D eigenvalue weighted by Crippen LogP contribution is 2.26. The van der Waals surface area contributed by atoms with Gasteiger partial charge in [-0.3, -0.25) is 0 Å². The first kappa shape index (κ1) is 14.9. The third-order valence-corrected chi connectivity index (χ3v) is 5.54. The monoisotopic (exact) mass is 409 g/mol. The van der Waals surface area contributed by atoms with Gasteiger partial charge < -0.3 is 0 Å². The zero-order valence-corrected chi connectivity index (χ0v) is 15.0.